The number of nitrogens with two attached hydrogens (primary N) is 2. The Morgan fingerprint density at radius 1 is 1.15 bits per heavy atom. The van der Waals surface area contributed by atoms with Crippen molar-refractivity contribution in [2.45, 2.75) is 58.5 Å². The smallest absolute Gasteiger partial charge is 0.239 e. The van der Waals surface area contributed by atoms with Crippen LogP contribution >= 0.6 is 0 Å². The van der Waals surface area contributed by atoms with Crippen molar-refractivity contribution in [1.29, 1.82) is 0 Å². The first-order valence-electron chi connectivity index (χ1n) is 9.43. The molecule has 2 amide bonds. The van der Waals surface area contributed by atoms with Gasteiger partial charge in [0.25, 0.3) is 0 Å². The Labute approximate surface area is 162 Å². The fourth-order valence-electron chi connectivity index (χ4n) is 2.78. The van der Waals surface area contributed by atoms with Gasteiger partial charge in [-0.3, -0.25) is 14.6 Å². The van der Waals surface area contributed by atoms with Crippen molar-refractivity contribution in [3.05, 3.63) is 0 Å². The normalized spacial score (nSPS) is 14.1. The zero-order chi connectivity index (χ0) is 20.8. The van der Waals surface area contributed by atoms with Gasteiger partial charge in [0, 0.05) is 19.0 Å². The average molecular weight is 385 g/mol. The van der Waals surface area contributed by atoms with Crippen LogP contribution in [0.3, 0.4) is 0 Å². The molecule has 0 aromatic carbocycles. The molecule has 0 aliphatic rings. The summed E-state index contributed by atoms with van der Waals surface area (Å²) < 4.78 is 0. The molecule has 0 aliphatic heterocycles. The van der Waals surface area contributed by atoms with E-state index in [1.165, 1.54) is 0 Å². The number of nitrogens with one attached hydrogen (secondary N) is 3. The molecule has 9 nitrogen and oxygen atoms in total. The van der Waals surface area contributed by atoms with Crippen LogP contribution in [0.15, 0.2) is 4.99 Å². The van der Waals surface area contributed by atoms with E-state index in [-0.39, 0.29) is 30.4 Å². The Kier molecular flexibility index (Phi) is 12.8. The van der Waals surface area contributed by atoms with Gasteiger partial charge >= 0.3 is 0 Å². The van der Waals surface area contributed by atoms with E-state index in [0.717, 1.165) is 6.42 Å². The number of hydrogen-bond acceptors (Lipinski definition) is 5. The number of aliphatic imine (C=N–C) groups is 1. The third-order valence-electron chi connectivity index (χ3n) is 4.21. The van der Waals surface area contributed by atoms with Gasteiger partial charge in [0.1, 0.15) is 6.29 Å². The van der Waals surface area contributed by atoms with E-state index in [9.17, 15) is 14.4 Å². The summed E-state index contributed by atoms with van der Waals surface area (Å²) in [5.41, 5.74) is 10.4. The predicted octanol–water partition coefficient (Wildman–Crippen LogP) is -0.500. The minimum absolute atomic E-state index is 0.00691. The molecule has 0 saturated heterocycles. The third kappa shape index (κ3) is 12.8. The molecule has 0 saturated carbocycles. The lowest BCUT2D eigenvalue weighted by atomic mass is 9.91. The molecule has 0 aliphatic carbocycles. The molecular formula is C18H36N6O3. The van der Waals surface area contributed by atoms with E-state index in [1.54, 1.807) is 0 Å². The summed E-state index contributed by atoms with van der Waals surface area (Å²) in [5, 5.41) is 8.43. The van der Waals surface area contributed by atoms with E-state index in [4.69, 9.17) is 11.5 Å². The van der Waals surface area contributed by atoms with Crippen molar-refractivity contribution in [2.75, 3.05) is 20.1 Å². The van der Waals surface area contributed by atoms with Crippen LogP contribution in [0.5, 0.6) is 0 Å². The number of guanidine groups is 1. The number of rotatable bonds is 14. The topological polar surface area (TPSA) is 152 Å². The summed E-state index contributed by atoms with van der Waals surface area (Å²) in [7, 11) is 1.89. The van der Waals surface area contributed by atoms with Crippen molar-refractivity contribution in [2.24, 2.45) is 28.3 Å². The van der Waals surface area contributed by atoms with E-state index < -0.39 is 11.9 Å². The van der Waals surface area contributed by atoms with Crippen LogP contribution in [0.2, 0.25) is 0 Å². The van der Waals surface area contributed by atoms with Crippen LogP contribution in [0.25, 0.3) is 0 Å². The maximum Gasteiger partial charge on any atom is 0.239 e. The van der Waals surface area contributed by atoms with Crippen molar-refractivity contribution in [3.63, 3.8) is 0 Å². The summed E-state index contributed by atoms with van der Waals surface area (Å²) in [5.74, 6) is 0.0941. The van der Waals surface area contributed by atoms with Crippen molar-refractivity contribution in [1.82, 2.24) is 16.0 Å². The highest BCUT2D eigenvalue weighted by atomic mass is 16.2. The number of carbonyl (C=O) groups is 3. The lowest BCUT2D eigenvalue weighted by Gasteiger charge is -2.24. The molecule has 0 spiro atoms. The van der Waals surface area contributed by atoms with Gasteiger partial charge in [0.2, 0.25) is 11.8 Å². The van der Waals surface area contributed by atoms with Crippen molar-refractivity contribution < 1.29 is 14.4 Å². The Morgan fingerprint density at radius 3 is 2.33 bits per heavy atom. The molecule has 0 rings (SSSR count). The second-order valence-electron chi connectivity index (χ2n) is 7.24. The van der Waals surface area contributed by atoms with Gasteiger partial charge in [0.05, 0.1) is 12.6 Å². The number of carbonyl (C=O) groups excluding carboxylic acids is 3. The van der Waals surface area contributed by atoms with Gasteiger partial charge < -0.3 is 32.2 Å². The summed E-state index contributed by atoms with van der Waals surface area (Å²) >= 11 is 0. The second kappa shape index (κ2) is 14.0. The van der Waals surface area contributed by atoms with E-state index in [0.29, 0.717) is 38.0 Å². The molecule has 2 unspecified atom stereocenters. The molecule has 0 fully saturated rings. The number of amides is 2. The fourth-order valence-corrected chi connectivity index (χ4v) is 2.78. The first kappa shape index (κ1) is 24.8. The summed E-state index contributed by atoms with van der Waals surface area (Å²) in [6.45, 7) is 6.53. The molecule has 3 atom stereocenters. The molecule has 7 N–H and O–H groups in total. The Balaban J connectivity index is 4.21. The molecular weight excluding hydrogens is 348 g/mol. The van der Waals surface area contributed by atoms with Gasteiger partial charge in [-0.2, -0.15) is 0 Å². The highest BCUT2D eigenvalue weighted by Crippen LogP contribution is 2.15. The lowest BCUT2D eigenvalue weighted by Crippen LogP contribution is -2.43. The van der Waals surface area contributed by atoms with Crippen LogP contribution < -0.4 is 27.4 Å². The Hall–Kier alpha value is -2.16. The minimum atomic E-state index is -0.623. The highest BCUT2D eigenvalue weighted by Gasteiger charge is 2.20. The molecule has 27 heavy (non-hydrogen) atoms. The van der Waals surface area contributed by atoms with Gasteiger partial charge in [-0.15, -0.1) is 0 Å². The Bertz CT molecular complexity index is 491. The van der Waals surface area contributed by atoms with Crippen molar-refractivity contribution >= 4 is 24.1 Å². The monoisotopic (exact) mass is 384 g/mol. The zero-order valence-electron chi connectivity index (χ0n) is 17.0. The molecule has 0 aromatic rings. The molecule has 9 heteroatoms. The van der Waals surface area contributed by atoms with Gasteiger partial charge in [-0.1, -0.05) is 20.8 Å². The largest absolute Gasteiger partial charge is 0.370 e. The summed E-state index contributed by atoms with van der Waals surface area (Å²) in [6.07, 6.45) is 2.97. The first-order chi connectivity index (χ1) is 12.7. The van der Waals surface area contributed by atoms with E-state index in [2.05, 4.69) is 34.8 Å². The number of hydrogen-bond donors (Lipinski definition) is 5. The van der Waals surface area contributed by atoms with Crippen LogP contribution in [0, 0.1) is 11.8 Å². The predicted molar refractivity (Wildman–Crippen MR) is 107 cm³/mol. The summed E-state index contributed by atoms with van der Waals surface area (Å²) in [4.78, 5) is 38.9. The SMILES string of the molecule is CNC(CC(C)C)[C@@H](C)CC(=O)NCC(=O)NC(C=O)CCCN=C(N)N. The number of nitrogens with zero attached hydrogens (tertiary/aromatic N) is 1. The zero-order valence-corrected chi connectivity index (χ0v) is 17.0. The molecule has 0 radical (unpaired) electrons. The number of aldehydes is 1. The third-order valence-corrected chi connectivity index (χ3v) is 4.21. The molecule has 0 heterocycles. The first-order valence-corrected chi connectivity index (χ1v) is 9.43. The van der Waals surface area contributed by atoms with Crippen LogP contribution in [0.4, 0.5) is 0 Å². The molecule has 0 aromatic heterocycles. The Morgan fingerprint density at radius 2 is 1.81 bits per heavy atom. The van der Waals surface area contributed by atoms with Crippen LogP contribution in [0.1, 0.15) is 46.5 Å². The standard InChI is InChI=1S/C18H36N6O3/c1-12(2)8-15(21-4)13(3)9-16(26)23-10-17(27)24-14(11-25)6-5-7-22-18(19)20/h11-15,21H,5-10H2,1-4H3,(H,23,26)(H,24,27)(H4,19,20,22)/t13-,14?,15?/m0/s1. The van der Waals surface area contributed by atoms with Gasteiger partial charge in [-0.05, 0) is 38.1 Å². The average Bonchev–Trinajstić information content (AvgIpc) is 2.59. The second-order valence-corrected chi connectivity index (χ2v) is 7.24. The van der Waals surface area contributed by atoms with Gasteiger partial charge in [0.15, 0.2) is 5.96 Å². The molecule has 156 valence electrons. The maximum absolute atomic E-state index is 12.1. The minimum Gasteiger partial charge on any atom is -0.370 e. The maximum atomic E-state index is 12.1. The van der Waals surface area contributed by atoms with Crippen LogP contribution in [-0.4, -0.2) is 56.3 Å². The van der Waals surface area contributed by atoms with Crippen LogP contribution in [-0.2, 0) is 14.4 Å². The quantitative estimate of drug-likeness (QED) is 0.118. The highest BCUT2D eigenvalue weighted by molar-refractivity contribution is 5.86. The van der Waals surface area contributed by atoms with E-state index >= 15 is 0 Å². The summed E-state index contributed by atoms with van der Waals surface area (Å²) in [6, 6.07) is -0.378. The fraction of sp³-hybridized carbons (Fsp3) is 0.778. The van der Waals surface area contributed by atoms with Crippen molar-refractivity contribution in [3.8, 4) is 0 Å². The van der Waals surface area contributed by atoms with E-state index in [1.807, 2.05) is 14.0 Å². The lowest BCUT2D eigenvalue weighted by molar-refractivity contribution is -0.127. The molecule has 0 bridgehead atoms. The van der Waals surface area contributed by atoms with Gasteiger partial charge in [-0.25, -0.2) is 0 Å².